The maximum Gasteiger partial charge on any atom is 0.370 e. The Morgan fingerprint density at radius 3 is 1.32 bits per heavy atom. The summed E-state index contributed by atoms with van der Waals surface area (Å²) in [6, 6.07) is 0. The summed E-state index contributed by atoms with van der Waals surface area (Å²) in [6.07, 6.45) is 12.0. The highest BCUT2D eigenvalue weighted by Gasteiger charge is 2.36. The molecule has 2 aliphatic rings. The number of hydrogen-bond donors (Lipinski definition) is 0. The lowest BCUT2D eigenvalue weighted by Gasteiger charge is -2.23. The molecule has 6 atom stereocenters. The van der Waals surface area contributed by atoms with Crippen molar-refractivity contribution in [2.24, 2.45) is 0 Å². The highest BCUT2D eigenvalue weighted by atomic mass is 31.1. The van der Waals surface area contributed by atoms with E-state index in [1.54, 1.807) is 13.8 Å². The second-order valence-corrected chi connectivity index (χ2v) is 14.4. The minimum atomic E-state index is -1.67. The van der Waals surface area contributed by atoms with Crippen LogP contribution in [0.2, 0.25) is 0 Å². The average molecular weight is 577 g/mol. The summed E-state index contributed by atoms with van der Waals surface area (Å²) >= 11 is 0. The molecule has 6 unspecified atom stereocenters. The molecule has 0 saturated heterocycles. The standard InChI is InChI=1S/C28H50O8P2/c1-5-25(33-21(3)27(29)35-23-15-9-7-10-16-23)37(31)19-13-14-20-38(32)26(6-2)34-22(4)28(30)36-24-17-11-8-12-18-24/h21-26H,5-20H2,1-4H3/q+2. The Morgan fingerprint density at radius 2 is 1.00 bits per heavy atom. The molecule has 2 fully saturated rings. The van der Waals surface area contributed by atoms with Crippen molar-refractivity contribution < 1.29 is 37.7 Å². The van der Waals surface area contributed by atoms with Crippen LogP contribution in [0.3, 0.4) is 0 Å². The van der Waals surface area contributed by atoms with Crippen molar-refractivity contribution in [3.63, 3.8) is 0 Å². The van der Waals surface area contributed by atoms with Crippen LogP contribution in [-0.4, -0.2) is 60.4 Å². The maximum atomic E-state index is 12.9. The van der Waals surface area contributed by atoms with E-state index < -0.39 is 39.5 Å². The van der Waals surface area contributed by atoms with Gasteiger partial charge >= 0.3 is 27.5 Å². The van der Waals surface area contributed by atoms with Gasteiger partial charge in [-0.25, -0.2) is 9.59 Å². The first-order chi connectivity index (χ1) is 18.2. The number of carbonyl (C=O) groups is 2. The van der Waals surface area contributed by atoms with E-state index in [0.717, 1.165) is 51.4 Å². The van der Waals surface area contributed by atoms with E-state index in [0.29, 0.717) is 38.0 Å². The average Bonchev–Trinajstić information content (AvgIpc) is 2.93. The fourth-order valence-electron chi connectivity index (χ4n) is 5.03. The number of hydrogen-bond acceptors (Lipinski definition) is 8. The zero-order valence-electron chi connectivity index (χ0n) is 23.9. The Kier molecular flexibility index (Phi) is 16.1. The molecular formula is C28H50O8P2+2. The van der Waals surface area contributed by atoms with Gasteiger partial charge in [0.15, 0.2) is 12.2 Å². The first-order valence-electron chi connectivity index (χ1n) is 14.8. The molecule has 10 heteroatoms. The Hall–Kier alpha value is -0.940. The van der Waals surface area contributed by atoms with Gasteiger partial charge in [-0.2, -0.15) is 0 Å². The van der Waals surface area contributed by atoms with Crippen molar-refractivity contribution in [2.45, 2.75) is 154 Å². The molecule has 38 heavy (non-hydrogen) atoms. The fraction of sp³-hybridized carbons (Fsp3) is 0.929. The number of carbonyl (C=O) groups excluding carboxylic acids is 2. The number of unbranched alkanes of at least 4 members (excludes halogenated alkanes) is 1. The predicted octanol–water partition coefficient (Wildman–Crippen LogP) is 7.46. The van der Waals surface area contributed by atoms with E-state index in [2.05, 4.69) is 0 Å². The third-order valence-corrected chi connectivity index (χ3v) is 11.2. The second-order valence-electron chi connectivity index (χ2n) is 10.7. The van der Waals surface area contributed by atoms with Crippen molar-refractivity contribution in [1.82, 2.24) is 0 Å². The lowest BCUT2D eigenvalue weighted by Crippen LogP contribution is -2.31. The molecule has 2 saturated carbocycles. The fourth-order valence-corrected chi connectivity index (χ4v) is 8.12. The first-order valence-corrected chi connectivity index (χ1v) is 17.9. The van der Waals surface area contributed by atoms with Crippen LogP contribution >= 0.6 is 15.6 Å². The van der Waals surface area contributed by atoms with Gasteiger partial charge in [-0.1, -0.05) is 35.8 Å². The van der Waals surface area contributed by atoms with Crippen LogP contribution in [0, 0.1) is 0 Å². The van der Waals surface area contributed by atoms with Gasteiger partial charge in [-0.05, 0) is 78.1 Å². The molecule has 0 heterocycles. The van der Waals surface area contributed by atoms with Gasteiger partial charge in [0.1, 0.15) is 24.5 Å². The molecule has 0 spiro atoms. The molecule has 0 bridgehead atoms. The number of rotatable bonds is 17. The lowest BCUT2D eigenvalue weighted by atomic mass is 9.98. The Labute approximate surface area is 231 Å². The van der Waals surface area contributed by atoms with Crippen LogP contribution in [0.4, 0.5) is 0 Å². The lowest BCUT2D eigenvalue weighted by molar-refractivity contribution is -0.164. The minimum Gasteiger partial charge on any atom is -0.460 e. The minimum absolute atomic E-state index is 0.0282. The molecule has 0 N–H and O–H groups in total. The smallest absolute Gasteiger partial charge is 0.370 e. The third kappa shape index (κ3) is 12.1. The van der Waals surface area contributed by atoms with Gasteiger partial charge in [-0.3, -0.25) is 0 Å². The molecule has 0 aromatic heterocycles. The zero-order chi connectivity index (χ0) is 27.9. The number of esters is 2. The van der Waals surface area contributed by atoms with Gasteiger partial charge in [0, 0.05) is 12.8 Å². The molecule has 0 aliphatic heterocycles. The van der Waals surface area contributed by atoms with Crippen molar-refractivity contribution in [3.05, 3.63) is 0 Å². The molecule has 2 rings (SSSR count). The van der Waals surface area contributed by atoms with Gasteiger partial charge in [-0.15, -0.1) is 0 Å². The topological polar surface area (TPSA) is 105 Å². The summed E-state index contributed by atoms with van der Waals surface area (Å²) in [6.45, 7) is 7.13. The largest absolute Gasteiger partial charge is 0.460 e. The third-order valence-electron chi connectivity index (χ3n) is 7.40. The summed E-state index contributed by atoms with van der Waals surface area (Å²) in [5, 5.41) is 0. The molecule has 0 radical (unpaired) electrons. The first kappa shape index (κ1) is 33.3. The monoisotopic (exact) mass is 576 g/mol. The molecule has 2 aliphatic carbocycles. The summed E-state index contributed by atoms with van der Waals surface area (Å²) in [7, 11) is -3.34. The van der Waals surface area contributed by atoms with Crippen LogP contribution in [0.1, 0.15) is 118 Å². The molecule has 218 valence electrons. The molecule has 8 nitrogen and oxygen atoms in total. The summed E-state index contributed by atoms with van der Waals surface area (Å²) in [5.41, 5.74) is 0. The van der Waals surface area contributed by atoms with Crippen LogP contribution in [-0.2, 0) is 37.7 Å². The van der Waals surface area contributed by atoms with Crippen LogP contribution in [0.15, 0.2) is 0 Å². The maximum absolute atomic E-state index is 12.9. The molecular weight excluding hydrogens is 526 g/mol. The van der Waals surface area contributed by atoms with E-state index in [1.807, 2.05) is 13.8 Å². The van der Waals surface area contributed by atoms with Crippen molar-refractivity contribution in [1.29, 1.82) is 0 Å². The van der Waals surface area contributed by atoms with Crippen molar-refractivity contribution in [3.8, 4) is 0 Å². The Balaban J connectivity index is 1.67. The molecule has 0 aromatic carbocycles. The summed E-state index contributed by atoms with van der Waals surface area (Å²) in [5.74, 6) is -1.76. The van der Waals surface area contributed by atoms with Crippen molar-refractivity contribution in [2.75, 3.05) is 12.3 Å². The van der Waals surface area contributed by atoms with Gasteiger partial charge in [0.25, 0.3) is 11.7 Å². The SMILES string of the molecule is CCC(OC(C)C(=O)OC1CCCCC1)[P+](=O)CCCC[P+](=O)C(CC)OC(C)C(=O)OC1CCCCC1. The molecule has 0 aromatic rings. The van der Waals surface area contributed by atoms with Crippen LogP contribution < -0.4 is 0 Å². The Bertz CT molecular complexity index is 687. The van der Waals surface area contributed by atoms with Crippen LogP contribution in [0.5, 0.6) is 0 Å². The Morgan fingerprint density at radius 1 is 0.658 bits per heavy atom. The van der Waals surface area contributed by atoms with E-state index in [-0.39, 0.29) is 24.1 Å². The summed E-state index contributed by atoms with van der Waals surface area (Å²) < 4.78 is 48.6. The van der Waals surface area contributed by atoms with E-state index in [4.69, 9.17) is 18.9 Å². The van der Waals surface area contributed by atoms with E-state index >= 15 is 0 Å². The van der Waals surface area contributed by atoms with Gasteiger partial charge in [0.05, 0.1) is 0 Å². The number of ether oxygens (including phenoxy) is 4. The highest BCUT2D eigenvalue weighted by Crippen LogP contribution is 2.37. The zero-order valence-corrected chi connectivity index (χ0v) is 25.7. The molecule has 0 amide bonds. The van der Waals surface area contributed by atoms with Gasteiger partial charge < -0.3 is 18.9 Å². The predicted molar refractivity (Wildman–Crippen MR) is 149 cm³/mol. The van der Waals surface area contributed by atoms with E-state index in [1.165, 1.54) is 12.8 Å². The highest BCUT2D eigenvalue weighted by molar-refractivity contribution is 7.45. The second kappa shape index (κ2) is 18.4. The van der Waals surface area contributed by atoms with Gasteiger partial charge in [0.2, 0.25) is 0 Å². The summed E-state index contributed by atoms with van der Waals surface area (Å²) in [4.78, 5) is 24.8. The quantitative estimate of drug-likeness (QED) is 0.0998. The van der Waals surface area contributed by atoms with E-state index in [9.17, 15) is 18.7 Å². The van der Waals surface area contributed by atoms with Crippen LogP contribution in [0.25, 0.3) is 0 Å². The normalized spacial score (nSPS) is 21.2. The van der Waals surface area contributed by atoms with Crippen molar-refractivity contribution >= 4 is 27.5 Å².